The molecule has 0 spiro atoms. The summed E-state index contributed by atoms with van der Waals surface area (Å²) in [6, 6.07) is 8.09. The molecule has 1 aromatic carbocycles. The van der Waals surface area contributed by atoms with Gasteiger partial charge in [-0.2, -0.15) is 0 Å². The predicted molar refractivity (Wildman–Crippen MR) is 83.5 cm³/mol. The van der Waals surface area contributed by atoms with Crippen LogP contribution in [0.2, 0.25) is 0 Å². The molecule has 120 valence electrons. The number of hydrogen-bond donors (Lipinski definition) is 1. The summed E-state index contributed by atoms with van der Waals surface area (Å²) in [5.74, 6) is -0.163. The summed E-state index contributed by atoms with van der Waals surface area (Å²) in [4.78, 5) is 35.0. The van der Waals surface area contributed by atoms with Gasteiger partial charge in [-0.3, -0.25) is 9.59 Å². The van der Waals surface area contributed by atoms with Crippen molar-refractivity contribution in [3.05, 3.63) is 53.0 Å². The second-order valence-corrected chi connectivity index (χ2v) is 5.09. The minimum Gasteiger partial charge on any atom is -0.466 e. The number of esters is 1. The topological polar surface area (TPSA) is 85.6 Å². The van der Waals surface area contributed by atoms with Crippen LogP contribution in [0.1, 0.15) is 39.2 Å². The van der Waals surface area contributed by atoms with E-state index in [0.29, 0.717) is 28.3 Å². The van der Waals surface area contributed by atoms with Gasteiger partial charge in [0, 0.05) is 11.3 Å². The largest absolute Gasteiger partial charge is 0.466 e. The van der Waals surface area contributed by atoms with Crippen LogP contribution < -0.4 is 5.32 Å². The molecule has 0 aliphatic carbocycles. The molecule has 1 amide bonds. The lowest BCUT2D eigenvalue weighted by Crippen LogP contribution is -2.21. The van der Waals surface area contributed by atoms with Gasteiger partial charge in [0.2, 0.25) is 0 Å². The number of ketones is 1. The van der Waals surface area contributed by atoms with Crippen molar-refractivity contribution in [1.82, 2.24) is 0 Å². The fraction of sp³-hybridized carbons (Fsp3) is 0.235. The van der Waals surface area contributed by atoms with E-state index < -0.39 is 18.5 Å². The zero-order valence-electron chi connectivity index (χ0n) is 13.1. The number of furan rings is 1. The van der Waals surface area contributed by atoms with Gasteiger partial charge < -0.3 is 14.5 Å². The van der Waals surface area contributed by atoms with E-state index in [1.165, 1.54) is 6.92 Å². The molecule has 1 heterocycles. The summed E-state index contributed by atoms with van der Waals surface area (Å²) in [6.07, 6.45) is 0. The Morgan fingerprint density at radius 1 is 1.17 bits per heavy atom. The van der Waals surface area contributed by atoms with E-state index >= 15 is 0 Å². The van der Waals surface area contributed by atoms with Gasteiger partial charge in [-0.05, 0) is 39.0 Å². The van der Waals surface area contributed by atoms with E-state index in [9.17, 15) is 14.4 Å². The molecule has 1 N–H and O–H groups in total. The summed E-state index contributed by atoms with van der Waals surface area (Å²) < 4.78 is 10.2. The molecule has 2 aromatic rings. The molecule has 6 heteroatoms. The number of rotatable bonds is 5. The Morgan fingerprint density at radius 3 is 2.52 bits per heavy atom. The highest BCUT2D eigenvalue weighted by Gasteiger charge is 2.16. The Hall–Kier alpha value is -2.89. The van der Waals surface area contributed by atoms with Gasteiger partial charge in [0.05, 0.1) is 0 Å². The van der Waals surface area contributed by atoms with Gasteiger partial charge >= 0.3 is 5.97 Å². The first kappa shape index (κ1) is 16.5. The van der Waals surface area contributed by atoms with E-state index in [-0.39, 0.29) is 5.78 Å². The van der Waals surface area contributed by atoms with Crippen molar-refractivity contribution in [2.45, 2.75) is 20.8 Å². The van der Waals surface area contributed by atoms with Crippen molar-refractivity contribution in [2.75, 3.05) is 11.9 Å². The van der Waals surface area contributed by atoms with Crippen LogP contribution >= 0.6 is 0 Å². The van der Waals surface area contributed by atoms with E-state index in [0.717, 1.165) is 0 Å². The molecule has 6 nitrogen and oxygen atoms in total. The van der Waals surface area contributed by atoms with Crippen molar-refractivity contribution < 1.29 is 23.5 Å². The Kier molecular flexibility index (Phi) is 4.95. The zero-order valence-corrected chi connectivity index (χ0v) is 13.1. The lowest BCUT2D eigenvalue weighted by atomic mass is 10.1. The van der Waals surface area contributed by atoms with E-state index in [4.69, 9.17) is 9.15 Å². The van der Waals surface area contributed by atoms with Crippen molar-refractivity contribution in [2.24, 2.45) is 0 Å². The number of anilines is 1. The van der Waals surface area contributed by atoms with E-state index in [2.05, 4.69) is 5.32 Å². The number of amides is 1. The molecule has 0 aliphatic heterocycles. The Labute approximate surface area is 133 Å². The monoisotopic (exact) mass is 315 g/mol. The summed E-state index contributed by atoms with van der Waals surface area (Å²) >= 11 is 0. The Morgan fingerprint density at radius 2 is 1.91 bits per heavy atom. The van der Waals surface area contributed by atoms with Crippen molar-refractivity contribution in [3.63, 3.8) is 0 Å². The number of aryl methyl sites for hydroxylation is 2. The number of hydrogen-bond acceptors (Lipinski definition) is 5. The highest BCUT2D eigenvalue weighted by atomic mass is 16.5. The van der Waals surface area contributed by atoms with Crippen molar-refractivity contribution >= 4 is 23.3 Å². The number of carbonyl (C=O) groups is 3. The fourth-order valence-corrected chi connectivity index (χ4v) is 2.06. The third-order valence-corrected chi connectivity index (χ3v) is 3.15. The van der Waals surface area contributed by atoms with Crippen LogP contribution in [-0.4, -0.2) is 24.3 Å². The summed E-state index contributed by atoms with van der Waals surface area (Å²) in [5, 5.41) is 2.57. The molecule has 23 heavy (non-hydrogen) atoms. The molecule has 0 saturated heterocycles. The summed E-state index contributed by atoms with van der Waals surface area (Å²) in [6.45, 7) is 4.39. The molecule has 1 aromatic heterocycles. The smallest absolute Gasteiger partial charge is 0.342 e. The highest BCUT2D eigenvalue weighted by Crippen LogP contribution is 2.15. The first-order valence-corrected chi connectivity index (χ1v) is 7.02. The van der Waals surface area contributed by atoms with Crippen molar-refractivity contribution in [3.8, 4) is 0 Å². The van der Waals surface area contributed by atoms with Crippen LogP contribution in [0.15, 0.2) is 34.7 Å². The van der Waals surface area contributed by atoms with Crippen LogP contribution in [0.5, 0.6) is 0 Å². The first-order chi connectivity index (χ1) is 10.9. The van der Waals surface area contributed by atoms with Gasteiger partial charge in [-0.25, -0.2) is 4.79 Å². The fourth-order valence-electron chi connectivity index (χ4n) is 2.06. The van der Waals surface area contributed by atoms with E-state index in [1.807, 2.05) is 0 Å². The van der Waals surface area contributed by atoms with Gasteiger partial charge in [0.15, 0.2) is 12.4 Å². The first-order valence-electron chi connectivity index (χ1n) is 7.02. The molecule has 0 fully saturated rings. The average Bonchev–Trinajstić information content (AvgIpc) is 2.84. The number of nitrogens with one attached hydrogen (secondary N) is 1. The summed E-state index contributed by atoms with van der Waals surface area (Å²) in [5.41, 5.74) is 1.26. The maximum Gasteiger partial charge on any atom is 0.342 e. The highest BCUT2D eigenvalue weighted by molar-refractivity contribution is 5.98. The number of carbonyl (C=O) groups excluding carboxylic acids is 3. The summed E-state index contributed by atoms with van der Waals surface area (Å²) in [7, 11) is 0. The van der Waals surface area contributed by atoms with Gasteiger partial charge in [0.1, 0.15) is 17.1 Å². The van der Waals surface area contributed by atoms with Crippen molar-refractivity contribution in [1.29, 1.82) is 0 Å². The third-order valence-electron chi connectivity index (χ3n) is 3.15. The normalized spacial score (nSPS) is 10.2. The lowest BCUT2D eigenvalue weighted by molar-refractivity contribution is -0.119. The van der Waals surface area contributed by atoms with Crippen LogP contribution in [0.3, 0.4) is 0 Å². The SMILES string of the molecule is CC(=O)c1cccc(NC(=O)COC(=O)c2cc(C)oc2C)c1. The minimum absolute atomic E-state index is 0.0988. The maximum absolute atomic E-state index is 11.9. The van der Waals surface area contributed by atoms with E-state index in [1.54, 1.807) is 44.2 Å². The number of benzene rings is 1. The average molecular weight is 315 g/mol. The molecule has 0 radical (unpaired) electrons. The zero-order chi connectivity index (χ0) is 17.0. The molecule has 0 atom stereocenters. The number of Topliss-reactive ketones (excluding diaryl/α,β-unsaturated/α-hetero) is 1. The molecule has 2 rings (SSSR count). The van der Waals surface area contributed by atoms with Crippen LogP contribution in [0, 0.1) is 13.8 Å². The molecule has 0 saturated carbocycles. The molecular formula is C17H17NO5. The van der Waals surface area contributed by atoms with Gasteiger partial charge in [-0.15, -0.1) is 0 Å². The van der Waals surface area contributed by atoms with Crippen LogP contribution in [0.4, 0.5) is 5.69 Å². The Balaban J connectivity index is 1.92. The lowest BCUT2D eigenvalue weighted by Gasteiger charge is -2.07. The molecule has 0 aliphatic rings. The second kappa shape index (κ2) is 6.91. The van der Waals surface area contributed by atoms with Gasteiger partial charge in [0.25, 0.3) is 5.91 Å². The van der Waals surface area contributed by atoms with Crippen LogP contribution in [-0.2, 0) is 9.53 Å². The molecule has 0 bridgehead atoms. The maximum atomic E-state index is 11.9. The standard InChI is InChI=1S/C17H17NO5/c1-10-7-15(12(3)23-10)17(21)22-9-16(20)18-14-6-4-5-13(8-14)11(2)19/h4-8H,9H2,1-3H3,(H,18,20). The third kappa shape index (κ3) is 4.29. The second-order valence-electron chi connectivity index (χ2n) is 5.09. The number of ether oxygens (including phenoxy) is 1. The predicted octanol–water partition coefficient (Wildman–Crippen LogP) is 2.89. The molecule has 0 unspecified atom stereocenters. The minimum atomic E-state index is -0.619. The molecular weight excluding hydrogens is 298 g/mol. The van der Waals surface area contributed by atoms with Crippen LogP contribution in [0.25, 0.3) is 0 Å². The Bertz CT molecular complexity index is 760. The van der Waals surface area contributed by atoms with Gasteiger partial charge in [-0.1, -0.05) is 12.1 Å². The quantitative estimate of drug-likeness (QED) is 0.677.